The summed E-state index contributed by atoms with van der Waals surface area (Å²) in [7, 11) is -2.18. The van der Waals surface area contributed by atoms with Crippen molar-refractivity contribution >= 4 is 21.9 Å². The molecular weight excluding hydrogens is 343 g/mol. The average Bonchev–Trinajstić information content (AvgIpc) is 2.51. The second kappa shape index (κ2) is 7.33. The van der Waals surface area contributed by atoms with Crippen LogP contribution >= 0.6 is 0 Å². The van der Waals surface area contributed by atoms with Gasteiger partial charge in [0.2, 0.25) is 10.0 Å². The van der Waals surface area contributed by atoms with Crippen LogP contribution in [0.4, 0.5) is 10.1 Å². The molecule has 0 unspecified atom stereocenters. The zero-order valence-electron chi connectivity index (χ0n) is 14.6. The van der Waals surface area contributed by atoms with E-state index in [0.717, 1.165) is 0 Å². The molecule has 0 radical (unpaired) electrons. The van der Waals surface area contributed by atoms with Crippen LogP contribution in [0.3, 0.4) is 0 Å². The lowest BCUT2D eigenvalue weighted by molar-refractivity contribution is 0.386. The summed E-state index contributed by atoms with van der Waals surface area (Å²) in [5, 5.41) is 0. The van der Waals surface area contributed by atoms with Gasteiger partial charge in [-0.25, -0.2) is 17.5 Å². The normalized spacial score (nSPS) is 12.5. The third kappa shape index (κ3) is 5.37. The molecule has 134 valence electrons. The third-order valence-electron chi connectivity index (χ3n) is 3.13. The summed E-state index contributed by atoms with van der Waals surface area (Å²) in [5.41, 5.74) is 0.573. The number of hydrogen-bond acceptors (Lipinski definition) is 4. The highest BCUT2D eigenvalue weighted by molar-refractivity contribution is 7.89. The predicted octanol–water partition coefficient (Wildman–Crippen LogP) is 3.66. The van der Waals surface area contributed by atoms with Crippen molar-refractivity contribution in [2.75, 3.05) is 7.11 Å². The minimum Gasteiger partial charge on any atom is -0.494 e. The van der Waals surface area contributed by atoms with Crippen molar-refractivity contribution in [2.24, 2.45) is 4.99 Å². The molecule has 0 aliphatic rings. The maximum atomic E-state index is 13.6. The first-order valence-electron chi connectivity index (χ1n) is 7.62. The van der Waals surface area contributed by atoms with Crippen LogP contribution in [0.2, 0.25) is 0 Å². The fourth-order valence-corrected chi connectivity index (χ4v) is 3.50. The van der Waals surface area contributed by atoms with Gasteiger partial charge < -0.3 is 4.74 Å². The first-order valence-corrected chi connectivity index (χ1v) is 9.11. The highest BCUT2D eigenvalue weighted by Crippen LogP contribution is 2.20. The van der Waals surface area contributed by atoms with Crippen LogP contribution in [0, 0.1) is 5.82 Å². The van der Waals surface area contributed by atoms with E-state index in [1.54, 1.807) is 39.0 Å². The first-order chi connectivity index (χ1) is 11.6. The molecule has 2 rings (SSSR count). The first kappa shape index (κ1) is 19.1. The zero-order valence-corrected chi connectivity index (χ0v) is 15.4. The number of nitrogens with one attached hydrogen (secondary N) is 1. The van der Waals surface area contributed by atoms with E-state index in [2.05, 4.69) is 9.71 Å². The molecule has 2 aromatic rings. The highest BCUT2D eigenvalue weighted by Gasteiger charge is 2.21. The van der Waals surface area contributed by atoms with E-state index in [9.17, 15) is 12.8 Å². The number of hydrogen-bond donors (Lipinski definition) is 1. The lowest BCUT2D eigenvalue weighted by Gasteiger charge is -2.20. The van der Waals surface area contributed by atoms with Gasteiger partial charge in [0.15, 0.2) is 11.6 Å². The summed E-state index contributed by atoms with van der Waals surface area (Å²) in [6.07, 6.45) is 1.50. The SMILES string of the molecule is COc1ccc(C=Nc2ccc(S(=O)(=O)NC(C)(C)C)cc2)cc1F. The topological polar surface area (TPSA) is 67.8 Å². The maximum absolute atomic E-state index is 13.6. The number of rotatable bonds is 5. The Kier molecular flexibility index (Phi) is 5.59. The van der Waals surface area contributed by atoms with Gasteiger partial charge in [0.25, 0.3) is 0 Å². The van der Waals surface area contributed by atoms with E-state index in [1.807, 2.05) is 0 Å². The second-order valence-electron chi connectivity index (χ2n) is 6.50. The fraction of sp³-hybridized carbons (Fsp3) is 0.278. The summed E-state index contributed by atoms with van der Waals surface area (Å²) in [6.45, 7) is 5.32. The van der Waals surface area contributed by atoms with Gasteiger partial charge in [-0.15, -0.1) is 0 Å². The molecule has 1 N–H and O–H groups in total. The van der Waals surface area contributed by atoms with Crippen LogP contribution in [0.25, 0.3) is 0 Å². The Hall–Kier alpha value is -2.25. The quantitative estimate of drug-likeness (QED) is 0.823. The lowest BCUT2D eigenvalue weighted by Crippen LogP contribution is -2.40. The van der Waals surface area contributed by atoms with Gasteiger partial charge in [-0.3, -0.25) is 4.99 Å². The summed E-state index contributed by atoms with van der Waals surface area (Å²) >= 11 is 0. The molecule has 0 aliphatic heterocycles. The molecule has 0 aliphatic carbocycles. The van der Waals surface area contributed by atoms with Crippen LogP contribution in [0.1, 0.15) is 26.3 Å². The molecular formula is C18H21FN2O3S. The highest BCUT2D eigenvalue weighted by atomic mass is 32.2. The second-order valence-corrected chi connectivity index (χ2v) is 8.18. The van der Waals surface area contributed by atoms with Crippen molar-refractivity contribution < 1.29 is 17.5 Å². The van der Waals surface area contributed by atoms with Crippen LogP contribution in [0.5, 0.6) is 5.75 Å². The summed E-state index contributed by atoms with van der Waals surface area (Å²) in [4.78, 5) is 4.39. The number of ether oxygens (including phenoxy) is 1. The van der Waals surface area contributed by atoms with Crippen molar-refractivity contribution in [3.8, 4) is 5.75 Å². The summed E-state index contributed by atoms with van der Waals surface area (Å²) < 4.78 is 45.5. The van der Waals surface area contributed by atoms with Crippen molar-refractivity contribution in [2.45, 2.75) is 31.2 Å². The number of nitrogens with zero attached hydrogens (tertiary/aromatic N) is 1. The molecule has 0 saturated heterocycles. The minimum atomic E-state index is -3.58. The van der Waals surface area contributed by atoms with Crippen LogP contribution in [-0.4, -0.2) is 27.3 Å². The molecule has 7 heteroatoms. The molecule has 5 nitrogen and oxygen atoms in total. The van der Waals surface area contributed by atoms with E-state index in [-0.39, 0.29) is 10.6 Å². The molecule has 2 aromatic carbocycles. The number of methoxy groups -OCH3 is 1. The van der Waals surface area contributed by atoms with E-state index in [1.165, 1.54) is 37.6 Å². The maximum Gasteiger partial charge on any atom is 0.241 e. The molecule has 0 heterocycles. The number of aliphatic imine (C=N–C) groups is 1. The van der Waals surface area contributed by atoms with Crippen LogP contribution in [-0.2, 0) is 10.0 Å². The molecule has 0 atom stereocenters. The predicted molar refractivity (Wildman–Crippen MR) is 96.7 cm³/mol. The largest absolute Gasteiger partial charge is 0.494 e. The Morgan fingerprint density at radius 2 is 1.76 bits per heavy atom. The average molecular weight is 364 g/mol. The van der Waals surface area contributed by atoms with Crippen molar-refractivity contribution in [3.05, 3.63) is 53.8 Å². The van der Waals surface area contributed by atoms with Gasteiger partial charge in [0.1, 0.15) is 0 Å². The van der Waals surface area contributed by atoms with Gasteiger partial charge in [-0.2, -0.15) is 0 Å². The Labute approximate surface area is 147 Å². The molecule has 0 amide bonds. The monoisotopic (exact) mass is 364 g/mol. The van der Waals surface area contributed by atoms with Crippen molar-refractivity contribution in [1.82, 2.24) is 4.72 Å². The van der Waals surface area contributed by atoms with Gasteiger partial charge in [-0.1, -0.05) is 0 Å². The van der Waals surface area contributed by atoms with Gasteiger partial charge in [-0.05, 0) is 68.8 Å². The van der Waals surface area contributed by atoms with E-state index < -0.39 is 21.4 Å². The number of benzene rings is 2. The van der Waals surface area contributed by atoms with Gasteiger partial charge in [0, 0.05) is 11.8 Å². The Balaban J connectivity index is 2.16. The lowest BCUT2D eigenvalue weighted by atomic mass is 10.1. The molecule has 0 fully saturated rings. The molecule has 0 spiro atoms. The fourth-order valence-electron chi connectivity index (χ4n) is 2.09. The molecule has 0 bridgehead atoms. The Bertz CT molecular complexity index is 870. The molecule has 25 heavy (non-hydrogen) atoms. The Morgan fingerprint density at radius 3 is 2.28 bits per heavy atom. The van der Waals surface area contributed by atoms with Crippen molar-refractivity contribution in [1.29, 1.82) is 0 Å². The zero-order chi connectivity index (χ0) is 18.7. The number of halogens is 1. The van der Waals surface area contributed by atoms with E-state index in [4.69, 9.17) is 4.74 Å². The molecule has 0 aromatic heterocycles. The minimum absolute atomic E-state index is 0.164. The van der Waals surface area contributed by atoms with Gasteiger partial charge >= 0.3 is 0 Å². The van der Waals surface area contributed by atoms with E-state index >= 15 is 0 Å². The third-order valence-corrected chi connectivity index (χ3v) is 4.90. The summed E-state index contributed by atoms with van der Waals surface area (Å²) in [6, 6.07) is 10.7. The molecule has 0 saturated carbocycles. The smallest absolute Gasteiger partial charge is 0.241 e. The van der Waals surface area contributed by atoms with Crippen LogP contribution < -0.4 is 9.46 Å². The van der Waals surface area contributed by atoms with E-state index in [0.29, 0.717) is 11.3 Å². The van der Waals surface area contributed by atoms with Gasteiger partial charge in [0.05, 0.1) is 17.7 Å². The number of sulfonamides is 1. The van der Waals surface area contributed by atoms with Crippen LogP contribution in [0.15, 0.2) is 52.4 Å². The standard InChI is InChI=1S/C18H21FN2O3S/c1-18(2,3)21-25(22,23)15-8-6-14(7-9-15)20-12-13-5-10-17(24-4)16(19)11-13/h5-12,21H,1-4H3. The van der Waals surface area contributed by atoms with Crippen molar-refractivity contribution in [3.63, 3.8) is 0 Å². The Morgan fingerprint density at radius 1 is 1.12 bits per heavy atom. The summed E-state index contributed by atoms with van der Waals surface area (Å²) in [5.74, 6) is -0.306.